The maximum atomic E-state index is 13.9. The summed E-state index contributed by atoms with van der Waals surface area (Å²) in [5.41, 5.74) is 1.31. The normalized spacial score (nSPS) is 31.1. The summed E-state index contributed by atoms with van der Waals surface area (Å²) < 4.78 is 27.2. The molecule has 122 valence electrons. The minimum Gasteiger partial charge on any atom is -0.204 e. The molecule has 23 heavy (non-hydrogen) atoms. The van der Waals surface area contributed by atoms with E-state index in [4.69, 9.17) is 0 Å². The molecule has 2 unspecified atom stereocenters. The maximum absolute atomic E-state index is 13.9. The molecule has 2 aliphatic rings. The van der Waals surface area contributed by atoms with Crippen molar-refractivity contribution in [2.24, 2.45) is 17.8 Å². The smallest absolute Gasteiger partial charge is 0.166 e. The van der Waals surface area contributed by atoms with Crippen molar-refractivity contribution in [1.29, 1.82) is 0 Å². The Hall–Kier alpha value is -1.44. The van der Waals surface area contributed by atoms with Crippen LogP contribution in [-0.4, -0.2) is 0 Å². The highest BCUT2D eigenvalue weighted by atomic mass is 19.2. The molecule has 2 heteroatoms. The number of hydrogen-bond donors (Lipinski definition) is 0. The molecule has 0 N–H and O–H groups in total. The highest BCUT2D eigenvalue weighted by Gasteiger charge is 2.34. The molecule has 4 atom stereocenters. The Morgan fingerprint density at radius 3 is 2.52 bits per heavy atom. The van der Waals surface area contributed by atoms with Gasteiger partial charge in [0.2, 0.25) is 0 Å². The van der Waals surface area contributed by atoms with Gasteiger partial charge in [-0.25, -0.2) is 8.78 Å². The van der Waals surface area contributed by atoms with E-state index < -0.39 is 11.6 Å². The predicted octanol–water partition coefficient (Wildman–Crippen LogP) is 6.44. The summed E-state index contributed by atoms with van der Waals surface area (Å²) in [7, 11) is 0. The standard InChI is InChI=1S/C21H24F2/c1-13-2-3-15-11-16(5-4-14(15)10-13)17-6-8-19-18(12-17)7-9-20(22)21(19)23/h6-9,12-16H,2-5,10-11H2,1H3/t13-,14?,15-,16?/m1/s1. The molecule has 4 rings (SSSR count). The van der Waals surface area contributed by atoms with Crippen LogP contribution in [0.5, 0.6) is 0 Å². The molecule has 0 bridgehead atoms. The lowest BCUT2D eigenvalue weighted by Gasteiger charge is -2.41. The molecular weight excluding hydrogens is 290 g/mol. The van der Waals surface area contributed by atoms with Gasteiger partial charge >= 0.3 is 0 Å². The monoisotopic (exact) mass is 314 g/mol. The molecule has 2 aromatic carbocycles. The van der Waals surface area contributed by atoms with Crippen LogP contribution in [0.1, 0.15) is 56.9 Å². The topological polar surface area (TPSA) is 0 Å². The van der Waals surface area contributed by atoms with Crippen molar-refractivity contribution >= 4 is 10.8 Å². The van der Waals surface area contributed by atoms with Crippen LogP contribution < -0.4 is 0 Å². The van der Waals surface area contributed by atoms with E-state index in [0.29, 0.717) is 11.3 Å². The quantitative estimate of drug-likeness (QED) is 0.568. The molecule has 0 amide bonds. The minimum absolute atomic E-state index is 0.397. The first-order valence-electron chi connectivity index (χ1n) is 8.99. The Kier molecular flexibility index (Phi) is 3.87. The van der Waals surface area contributed by atoms with Gasteiger partial charge in [0.25, 0.3) is 0 Å². The highest BCUT2D eigenvalue weighted by Crippen LogP contribution is 2.47. The molecular formula is C21H24F2. The number of rotatable bonds is 1. The van der Waals surface area contributed by atoms with Gasteiger partial charge in [-0.15, -0.1) is 0 Å². The minimum atomic E-state index is -0.762. The summed E-state index contributed by atoms with van der Waals surface area (Å²) in [5, 5.41) is 1.22. The molecule has 2 aromatic rings. The summed E-state index contributed by atoms with van der Waals surface area (Å²) in [5.74, 6) is 1.78. The highest BCUT2D eigenvalue weighted by molar-refractivity contribution is 5.84. The molecule has 0 saturated heterocycles. The SMILES string of the molecule is C[C@@H]1CC[C@@H]2CC(c3ccc4c(F)c(F)ccc4c3)CCC2C1. The lowest BCUT2D eigenvalue weighted by molar-refractivity contribution is 0.124. The Bertz CT molecular complexity index is 721. The fourth-order valence-corrected chi connectivity index (χ4v) is 4.96. The van der Waals surface area contributed by atoms with Gasteiger partial charge in [-0.05, 0) is 72.8 Å². The van der Waals surface area contributed by atoms with E-state index in [1.165, 1.54) is 50.2 Å². The molecule has 2 fully saturated rings. The Balaban J connectivity index is 1.59. The number of halogens is 2. The van der Waals surface area contributed by atoms with Crippen LogP contribution in [0.4, 0.5) is 8.78 Å². The third-order valence-corrected chi connectivity index (χ3v) is 6.28. The summed E-state index contributed by atoms with van der Waals surface area (Å²) in [6.07, 6.45) is 7.98. The van der Waals surface area contributed by atoms with Gasteiger partial charge in [0.1, 0.15) is 0 Å². The van der Waals surface area contributed by atoms with Crippen molar-refractivity contribution in [2.45, 2.75) is 51.4 Å². The third-order valence-electron chi connectivity index (χ3n) is 6.28. The maximum Gasteiger partial charge on any atom is 0.166 e. The van der Waals surface area contributed by atoms with Crippen LogP contribution in [0.15, 0.2) is 30.3 Å². The average molecular weight is 314 g/mol. The van der Waals surface area contributed by atoms with Gasteiger partial charge in [-0.3, -0.25) is 0 Å². The van der Waals surface area contributed by atoms with Crippen LogP contribution in [-0.2, 0) is 0 Å². The van der Waals surface area contributed by atoms with Crippen LogP contribution in [0.2, 0.25) is 0 Å². The predicted molar refractivity (Wildman–Crippen MR) is 90.5 cm³/mol. The second kappa shape index (κ2) is 5.89. The fraction of sp³-hybridized carbons (Fsp3) is 0.524. The first kappa shape index (κ1) is 15.1. The van der Waals surface area contributed by atoms with Crippen molar-refractivity contribution in [3.63, 3.8) is 0 Å². The Labute approximate surface area is 136 Å². The van der Waals surface area contributed by atoms with E-state index in [0.717, 1.165) is 23.1 Å². The zero-order valence-electron chi connectivity index (χ0n) is 13.7. The van der Waals surface area contributed by atoms with Gasteiger partial charge in [-0.2, -0.15) is 0 Å². The molecule has 0 aromatic heterocycles. The van der Waals surface area contributed by atoms with Gasteiger partial charge in [0.05, 0.1) is 0 Å². The lowest BCUT2D eigenvalue weighted by Crippen LogP contribution is -2.29. The second-order valence-electron chi connectivity index (χ2n) is 7.79. The molecule has 0 radical (unpaired) electrons. The molecule has 2 saturated carbocycles. The first-order chi connectivity index (χ1) is 11.1. The van der Waals surface area contributed by atoms with Crippen LogP contribution in [0, 0.1) is 29.4 Å². The van der Waals surface area contributed by atoms with Crippen molar-refractivity contribution in [2.75, 3.05) is 0 Å². The lowest BCUT2D eigenvalue weighted by atomic mass is 9.64. The molecule has 0 nitrogen and oxygen atoms in total. The average Bonchev–Trinajstić information content (AvgIpc) is 2.57. The number of hydrogen-bond acceptors (Lipinski definition) is 0. The summed E-state index contributed by atoms with van der Waals surface area (Å²) >= 11 is 0. The molecule has 2 aliphatic carbocycles. The second-order valence-corrected chi connectivity index (χ2v) is 7.79. The Morgan fingerprint density at radius 2 is 1.65 bits per heavy atom. The van der Waals surface area contributed by atoms with Crippen LogP contribution >= 0.6 is 0 Å². The fourth-order valence-electron chi connectivity index (χ4n) is 4.96. The third kappa shape index (κ3) is 2.77. The van der Waals surface area contributed by atoms with Crippen LogP contribution in [0.3, 0.4) is 0 Å². The summed E-state index contributed by atoms with van der Waals surface area (Å²) in [6.45, 7) is 2.39. The summed E-state index contributed by atoms with van der Waals surface area (Å²) in [6, 6.07) is 8.79. The summed E-state index contributed by atoms with van der Waals surface area (Å²) in [4.78, 5) is 0. The van der Waals surface area contributed by atoms with E-state index in [-0.39, 0.29) is 0 Å². The number of benzene rings is 2. The van der Waals surface area contributed by atoms with Crippen molar-refractivity contribution in [3.05, 3.63) is 47.5 Å². The van der Waals surface area contributed by atoms with Gasteiger partial charge in [0.15, 0.2) is 11.6 Å². The van der Waals surface area contributed by atoms with Crippen molar-refractivity contribution < 1.29 is 8.78 Å². The van der Waals surface area contributed by atoms with Gasteiger partial charge in [0, 0.05) is 5.39 Å². The Morgan fingerprint density at radius 1 is 0.870 bits per heavy atom. The molecule has 0 aliphatic heterocycles. The molecule has 0 heterocycles. The zero-order valence-corrected chi connectivity index (χ0v) is 13.7. The largest absolute Gasteiger partial charge is 0.204 e. The van der Waals surface area contributed by atoms with E-state index in [9.17, 15) is 8.78 Å². The zero-order chi connectivity index (χ0) is 16.0. The molecule has 0 spiro atoms. The van der Waals surface area contributed by atoms with Gasteiger partial charge < -0.3 is 0 Å². The number of fused-ring (bicyclic) bond motifs is 2. The van der Waals surface area contributed by atoms with Crippen LogP contribution in [0.25, 0.3) is 10.8 Å². The van der Waals surface area contributed by atoms with Crippen molar-refractivity contribution in [1.82, 2.24) is 0 Å². The van der Waals surface area contributed by atoms with E-state index >= 15 is 0 Å². The first-order valence-corrected chi connectivity index (χ1v) is 8.99. The van der Waals surface area contributed by atoms with E-state index in [2.05, 4.69) is 13.0 Å². The van der Waals surface area contributed by atoms with E-state index in [1.54, 1.807) is 12.1 Å². The van der Waals surface area contributed by atoms with Gasteiger partial charge in [-0.1, -0.05) is 37.6 Å². The van der Waals surface area contributed by atoms with Crippen molar-refractivity contribution in [3.8, 4) is 0 Å². The van der Waals surface area contributed by atoms with E-state index in [1.807, 2.05) is 6.07 Å².